The third-order valence-corrected chi connectivity index (χ3v) is 2.89. The van der Waals surface area contributed by atoms with Gasteiger partial charge < -0.3 is 30.3 Å². The average molecular weight is 326 g/mol. The Labute approximate surface area is 129 Å². The van der Waals surface area contributed by atoms with E-state index in [2.05, 4.69) is 0 Å². The fraction of sp³-hybridized carbons (Fsp3) is 0.214. The molecule has 0 aliphatic carbocycles. The molecule has 0 aliphatic heterocycles. The Morgan fingerprint density at radius 2 is 1.83 bits per heavy atom. The van der Waals surface area contributed by atoms with Crippen molar-refractivity contribution in [2.24, 2.45) is 0 Å². The van der Waals surface area contributed by atoms with Gasteiger partial charge >= 0.3 is 11.9 Å². The first-order chi connectivity index (χ1) is 10.6. The summed E-state index contributed by atoms with van der Waals surface area (Å²) < 4.78 is 4.78. The highest BCUT2D eigenvalue weighted by atomic mass is 16.5. The van der Waals surface area contributed by atoms with Crippen LogP contribution in [0, 0.1) is 0 Å². The third-order valence-electron chi connectivity index (χ3n) is 2.89. The van der Waals surface area contributed by atoms with Crippen LogP contribution in [0.25, 0.3) is 6.08 Å². The summed E-state index contributed by atoms with van der Waals surface area (Å²) in [5.41, 5.74) is -2.96. The number of carbonyl (C=O) groups excluding carboxylic acids is 1. The van der Waals surface area contributed by atoms with Crippen molar-refractivity contribution in [1.82, 2.24) is 0 Å². The standard InChI is InChI=1S/C14H14O9/c1-23-9-5-7(4-8(15)12(9)19)2-3-10(16)14(22,13(20)21)6-11(17)18/h2-5,15,19,22H,6H2,1H3,(H,17,18)(H,20,21)/b3-2+. The molecule has 0 amide bonds. The van der Waals surface area contributed by atoms with Gasteiger partial charge in [-0.05, 0) is 23.8 Å². The lowest BCUT2D eigenvalue weighted by molar-refractivity contribution is -0.169. The van der Waals surface area contributed by atoms with Crippen molar-refractivity contribution in [3.05, 3.63) is 23.8 Å². The topological polar surface area (TPSA) is 162 Å². The number of phenolic OH excluding ortho intramolecular Hbond substituents is 2. The fourth-order valence-corrected chi connectivity index (χ4v) is 1.66. The maximum absolute atomic E-state index is 11.8. The van der Waals surface area contributed by atoms with Gasteiger partial charge in [0.15, 0.2) is 17.3 Å². The number of phenols is 2. The summed E-state index contributed by atoms with van der Waals surface area (Å²) in [5, 5.41) is 46.1. The summed E-state index contributed by atoms with van der Waals surface area (Å²) in [4.78, 5) is 33.3. The number of ketones is 1. The summed E-state index contributed by atoms with van der Waals surface area (Å²) >= 11 is 0. The SMILES string of the molecule is COc1cc(/C=C/C(=O)C(O)(CC(=O)O)C(=O)O)cc(O)c1O. The zero-order valence-electron chi connectivity index (χ0n) is 11.9. The number of rotatable bonds is 7. The van der Waals surface area contributed by atoms with E-state index < -0.39 is 41.2 Å². The van der Waals surface area contributed by atoms with E-state index in [1.165, 1.54) is 13.2 Å². The summed E-state index contributed by atoms with van der Waals surface area (Å²) in [6.45, 7) is 0. The molecule has 0 spiro atoms. The number of aromatic hydroxyl groups is 2. The Morgan fingerprint density at radius 3 is 2.30 bits per heavy atom. The minimum absolute atomic E-state index is 0.101. The largest absolute Gasteiger partial charge is 0.504 e. The van der Waals surface area contributed by atoms with Crippen molar-refractivity contribution in [1.29, 1.82) is 0 Å². The Bertz CT molecular complexity index is 677. The Kier molecular flexibility index (Phi) is 5.31. The first-order valence-corrected chi connectivity index (χ1v) is 6.12. The van der Waals surface area contributed by atoms with Crippen molar-refractivity contribution in [3.8, 4) is 17.2 Å². The molecule has 0 aliphatic rings. The van der Waals surface area contributed by atoms with Gasteiger partial charge in [-0.2, -0.15) is 0 Å². The molecule has 1 unspecified atom stereocenters. The number of aliphatic carboxylic acids is 2. The molecule has 1 atom stereocenters. The number of aliphatic hydroxyl groups is 1. The van der Waals surface area contributed by atoms with Crippen LogP contribution < -0.4 is 4.74 Å². The van der Waals surface area contributed by atoms with Crippen LogP contribution in [0.1, 0.15) is 12.0 Å². The number of carboxylic acid groups (broad SMARTS) is 2. The monoisotopic (exact) mass is 326 g/mol. The zero-order chi connectivity index (χ0) is 17.8. The zero-order valence-corrected chi connectivity index (χ0v) is 11.9. The molecule has 0 saturated carbocycles. The molecular formula is C14H14O9. The molecular weight excluding hydrogens is 312 g/mol. The highest BCUT2D eigenvalue weighted by Crippen LogP contribution is 2.36. The van der Waals surface area contributed by atoms with Gasteiger partial charge in [0.05, 0.1) is 13.5 Å². The number of carboxylic acids is 2. The van der Waals surface area contributed by atoms with Gasteiger partial charge in [0, 0.05) is 0 Å². The van der Waals surface area contributed by atoms with Crippen LogP contribution >= 0.6 is 0 Å². The summed E-state index contributed by atoms with van der Waals surface area (Å²) in [5.74, 6) is -6.20. The minimum Gasteiger partial charge on any atom is -0.504 e. The van der Waals surface area contributed by atoms with Crippen LogP contribution in [-0.2, 0) is 14.4 Å². The molecule has 0 saturated heterocycles. The first kappa shape index (κ1) is 18.0. The van der Waals surface area contributed by atoms with E-state index in [4.69, 9.17) is 14.9 Å². The van der Waals surface area contributed by atoms with Gasteiger partial charge in [-0.1, -0.05) is 6.08 Å². The highest BCUT2D eigenvalue weighted by Gasteiger charge is 2.44. The molecule has 1 rings (SSSR count). The number of ether oxygens (including phenoxy) is 1. The molecule has 0 fully saturated rings. The second-order valence-corrected chi connectivity index (χ2v) is 4.52. The molecule has 0 aromatic heterocycles. The number of methoxy groups -OCH3 is 1. The summed E-state index contributed by atoms with van der Waals surface area (Å²) in [6, 6.07) is 2.29. The smallest absolute Gasteiger partial charge is 0.344 e. The van der Waals surface area contributed by atoms with Crippen LogP contribution in [0.4, 0.5) is 0 Å². The van der Waals surface area contributed by atoms with Crippen molar-refractivity contribution < 1.29 is 44.7 Å². The lowest BCUT2D eigenvalue weighted by Gasteiger charge is -2.17. The van der Waals surface area contributed by atoms with Crippen LogP contribution in [0.5, 0.6) is 17.2 Å². The van der Waals surface area contributed by atoms with E-state index in [0.29, 0.717) is 6.08 Å². The van der Waals surface area contributed by atoms with Crippen molar-refractivity contribution in [2.75, 3.05) is 7.11 Å². The van der Waals surface area contributed by atoms with Gasteiger partial charge in [-0.3, -0.25) is 9.59 Å². The first-order valence-electron chi connectivity index (χ1n) is 6.12. The third kappa shape index (κ3) is 3.98. The molecule has 23 heavy (non-hydrogen) atoms. The van der Waals surface area contributed by atoms with E-state index in [1.807, 2.05) is 0 Å². The molecule has 124 valence electrons. The highest BCUT2D eigenvalue weighted by molar-refractivity contribution is 6.14. The van der Waals surface area contributed by atoms with E-state index in [1.54, 1.807) is 0 Å². The van der Waals surface area contributed by atoms with Gasteiger partial charge in [0.2, 0.25) is 11.4 Å². The lowest BCUT2D eigenvalue weighted by atomic mass is 9.93. The number of hydrogen-bond donors (Lipinski definition) is 5. The second kappa shape index (κ2) is 6.79. The number of hydrogen-bond acceptors (Lipinski definition) is 7. The Balaban J connectivity index is 3.12. The van der Waals surface area contributed by atoms with Crippen molar-refractivity contribution in [2.45, 2.75) is 12.0 Å². The van der Waals surface area contributed by atoms with E-state index in [-0.39, 0.29) is 11.3 Å². The quantitative estimate of drug-likeness (QED) is 0.263. The van der Waals surface area contributed by atoms with Crippen LogP contribution in [0.2, 0.25) is 0 Å². The normalized spacial score (nSPS) is 13.5. The van der Waals surface area contributed by atoms with Gasteiger partial charge in [0.25, 0.3) is 0 Å². The lowest BCUT2D eigenvalue weighted by Crippen LogP contribution is -2.47. The molecule has 1 aromatic rings. The molecule has 5 N–H and O–H groups in total. The molecule has 9 nitrogen and oxygen atoms in total. The summed E-state index contributed by atoms with van der Waals surface area (Å²) in [7, 11) is 1.23. The molecule has 0 radical (unpaired) electrons. The van der Waals surface area contributed by atoms with Crippen molar-refractivity contribution >= 4 is 23.8 Å². The van der Waals surface area contributed by atoms with Crippen LogP contribution in [0.3, 0.4) is 0 Å². The van der Waals surface area contributed by atoms with Crippen LogP contribution in [0.15, 0.2) is 18.2 Å². The van der Waals surface area contributed by atoms with Gasteiger partial charge in [-0.15, -0.1) is 0 Å². The Hall–Kier alpha value is -3.07. The predicted octanol–water partition coefficient (Wildman–Crippen LogP) is -0.0209. The number of benzene rings is 1. The Morgan fingerprint density at radius 1 is 1.22 bits per heavy atom. The molecule has 1 aromatic carbocycles. The molecule has 0 heterocycles. The van der Waals surface area contributed by atoms with E-state index >= 15 is 0 Å². The van der Waals surface area contributed by atoms with Gasteiger partial charge in [-0.25, -0.2) is 4.79 Å². The van der Waals surface area contributed by atoms with Crippen LogP contribution in [-0.4, -0.2) is 56.0 Å². The maximum atomic E-state index is 11.8. The molecule has 9 heteroatoms. The van der Waals surface area contributed by atoms with Gasteiger partial charge in [0.1, 0.15) is 0 Å². The summed E-state index contributed by atoms with van der Waals surface area (Å²) in [6.07, 6.45) is 0.373. The predicted molar refractivity (Wildman–Crippen MR) is 75.2 cm³/mol. The molecule has 0 bridgehead atoms. The average Bonchev–Trinajstić information content (AvgIpc) is 2.46. The number of carbonyl (C=O) groups is 3. The van der Waals surface area contributed by atoms with Crippen molar-refractivity contribution in [3.63, 3.8) is 0 Å². The van der Waals surface area contributed by atoms with E-state index in [9.17, 15) is 29.7 Å². The fourth-order valence-electron chi connectivity index (χ4n) is 1.66. The maximum Gasteiger partial charge on any atom is 0.344 e. The minimum atomic E-state index is -3.11. The van der Waals surface area contributed by atoms with E-state index in [0.717, 1.165) is 12.1 Å². The second-order valence-electron chi connectivity index (χ2n) is 4.52.